The van der Waals surface area contributed by atoms with Gasteiger partial charge < -0.3 is 14.6 Å². The van der Waals surface area contributed by atoms with E-state index in [4.69, 9.17) is 13.7 Å². The molecule has 5 aromatic rings. The average molecular weight is 801 g/mol. The van der Waals surface area contributed by atoms with Gasteiger partial charge in [-0.15, -0.1) is 0 Å². The minimum Gasteiger partial charge on any atom is -0.462 e. The molecular formula is C42H44N2O10S2. The molecule has 1 unspecified atom stereocenters. The first-order valence-electron chi connectivity index (χ1n) is 18.4. The Bertz CT molecular complexity index is 2450. The molecule has 4 aromatic carbocycles. The number of piperidine rings is 1. The second-order valence-electron chi connectivity index (χ2n) is 14.6. The van der Waals surface area contributed by atoms with Crippen LogP contribution in [0.15, 0.2) is 114 Å². The van der Waals surface area contributed by atoms with Crippen LogP contribution < -0.4 is 0 Å². The van der Waals surface area contributed by atoms with E-state index in [1.807, 2.05) is 49.4 Å². The molecule has 5 atom stereocenters. The monoisotopic (exact) mass is 800 g/mol. The van der Waals surface area contributed by atoms with Gasteiger partial charge >= 0.3 is 12.1 Å². The molecule has 14 heteroatoms. The van der Waals surface area contributed by atoms with Gasteiger partial charge in [0.25, 0.3) is 20.1 Å². The molecule has 56 heavy (non-hydrogen) atoms. The van der Waals surface area contributed by atoms with Crippen molar-refractivity contribution < 1.29 is 45.2 Å². The van der Waals surface area contributed by atoms with Crippen molar-refractivity contribution in [2.45, 2.75) is 62.3 Å². The molecule has 1 N–H and O–H groups in total. The topological polar surface area (TPSA) is 159 Å². The van der Waals surface area contributed by atoms with Crippen LogP contribution in [0.5, 0.6) is 0 Å². The number of aromatic nitrogens is 1. The zero-order valence-electron chi connectivity index (χ0n) is 31.3. The number of para-hydroxylation sites is 1. The fourth-order valence-corrected chi connectivity index (χ4v) is 10.3. The van der Waals surface area contributed by atoms with Crippen LogP contribution in [0.3, 0.4) is 0 Å². The van der Waals surface area contributed by atoms with Crippen molar-refractivity contribution >= 4 is 43.1 Å². The lowest BCUT2D eigenvalue weighted by atomic mass is 9.64. The number of amides is 1. The van der Waals surface area contributed by atoms with Crippen molar-refractivity contribution in [3.8, 4) is 0 Å². The van der Waals surface area contributed by atoms with Gasteiger partial charge in [0.15, 0.2) is 0 Å². The predicted molar refractivity (Wildman–Crippen MR) is 209 cm³/mol. The summed E-state index contributed by atoms with van der Waals surface area (Å²) >= 11 is 0. The van der Waals surface area contributed by atoms with Gasteiger partial charge in [-0.25, -0.2) is 22.0 Å². The summed E-state index contributed by atoms with van der Waals surface area (Å²) in [5.74, 6) is -2.25. The van der Waals surface area contributed by atoms with Gasteiger partial charge in [0, 0.05) is 23.3 Å². The number of carbonyl (C=O) groups excluding carboxylic acids is 2. The zero-order chi connectivity index (χ0) is 39.8. The SMILES string of the molecule is CC[C@@](O)(COS(C)(=O)=O)[C@@H]1C[C@H]2c3c(c4ccccc4n3S(=O)(=O)c3ccc(C)cc3)CC([C@H]1COC(=O)c1ccccc1)N2C(=O)OCc1ccccc1. The number of aliphatic hydroxyl groups is 1. The van der Waals surface area contributed by atoms with Gasteiger partial charge in [-0.05, 0) is 67.6 Å². The Balaban J connectivity index is 1.41. The standard InChI is InChI=1S/C42H44N2O10S2/c1-4-42(47,27-54-55(3,48)49)35-24-38-39-33(32-17-11-12-18-36(32)44(39)56(50,51)31-21-19-28(2)20-22-31)23-37(34(35)26-52-40(45)30-15-9-6-10-16-30)43(38)41(46)53-25-29-13-7-5-8-14-29/h5-22,34-35,37-38,47H,4,23-27H2,1-3H3/t34-,35+,37?,38-,42+/m0/s1. The summed E-state index contributed by atoms with van der Waals surface area (Å²) in [7, 11) is -8.27. The van der Waals surface area contributed by atoms with Crippen LogP contribution in [0, 0.1) is 18.8 Å². The van der Waals surface area contributed by atoms with E-state index in [-0.39, 0.29) is 37.4 Å². The molecule has 0 radical (unpaired) electrons. The van der Waals surface area contributed by atoms with Crippen LogP contribution in [0.1, 0.15) is 58.5 Å². The summed E-state index contributed by atoms with van der Waals surface area (Å²) in [6.07, 6.45) is 0.271. The third kappa shape index (κ3) is 7.58. The second kappa shape index (κ2) is 15.5. The van der Waals surface area contributed by atoms with Crippen LogP contribution >= 0.6 is 0 Å². The molecule has 0 spiro atoms. The molecule has 1 saturated heterocycles. The number of hydrogen-bond donors (Lipinski definition) is 1. The third-order valence-corrected chi connectivity index (χ3v) is 13.4. The molecule has 294 valence electrons. The van der Waals surface area contributed by atoms with Gasteiger partial charge in [0.1, 0.15) is 6.61 Å². The highest BCUT2D eigenvalue weighted by molar-refractivity contribution is 7.90. The van der Waals surface area contributed by atoms with Crippen molar-refractivity contribution in [3.05, 3.63) is 137 Å². The third-order valence-electron chi connectivity index (χ3n) is 11.1. The molecule has 0 saturated carbocycles. The minimum absolute atomic E-state index is 0.0335. The molecule has 1 fully saturated rings. The number of nitrogens with zero attached hydrogens (tertiary/aromatic N) is 2. The van der Waals surface area contributed by atoms with Gasteiger partial charge in [-0.2, -0.15) is 8.42 Å². The van der Waals surface area contributed by atoms with Gasteiger partial charge in [0.05, 0.1) is 52.8 Å². The van der Waals surface area contributed by atoms with Crippen molar-refractivity contribution in [2.75, 3.05) is 19.5 Å². The number of carbonyl (C=O) groups is 2. The number of aryl methyl sites for hydroxylation is 1. The fourth-order valence-electron chi connectivity index (χ4n) is 8.27. The summed E-state index contributed by atoms with van der Waals surface area (Å²) in [5, 5.41) is 13.1. The van der Waals surface area contributed by atoms with E-state index in [1.54, 1.807) is 73.7 Å². The zero-order valence-corrected chi connectivity index (χ0v) is 32.9. The van der Waals surface area contributed by atoms with E-state index in [0.717, 1.165) is 17.4 Å². The summed E-state index contributed by atoms with van der Waals surface area (Å²) in [6, 6.07) is 29.4. The van der Waals surface area contributed by atoms with Crippen molar-refractivity contribution in [1.82, 2.24) is 8.87 Å². The lowest BCUT2D eigenvalue weighted by Gasteiger charge is -2.55. The number of hydrogen-bond acceptors (Lipinski definition) is 10. The normalized spacial score (nSPS) is 20.5. The number of benzene rings is 4. The molecule has 0 aliphatic carbocycles. The Kier molecular flexibility index (Phi) is 10.8. The Morgan fingerprint density at radius 2 is 1.50 bits per heavy atom. The van der Waals surface area contributed by atoms with Crippen LogP contribution in [0.4, 0.5) is 4.79 Å². The number of rotatable bonds is 12. The summed E-state index contributed by atoms with van der Waals surface area (Å²) < 4.78 is 72.6. The van der Waals surface area contributed by atoms with E-state index < -0.39 is 68.3 Å². The molecule has 1 amide bonds. The first-order chi connectivity index (χ1) is 26.7. The molecule has 1 aromatic heterocycles. The molecule has 2 aliphatic rings. The maximum absolute atomic E-state index is 14.8. The van der Waals surface area contributed by atoms with Crippen molar-refractivity contribution in [1.29, 1.82) is 0 Å². The van der Waals surface area contributed by atoms with E-state index in [1.165, 1.54) is 8.87 Å². The van der Waals surface area contributed by atoms with Crippen LogP contribution in [0.25, 0.3) is 10.9 Å². The minimum atomic E-state index is -4.27. The number of fused-ring (bicyclic) bond motifs is 6. The summed E-state index contributed by atoms with van der Waals surface area (Å²) in [4.78, 5) is 29.5. The average Bonchev–Trinajstić information content (AvgIpc) is 3.53. The largest absolute Gasteiger partial charge is 0.462 e. The number of ether oxygens (including phenoxy) is 2. The van der Waals surface area contributed by atoms with Crippen LogP contribution in [-0.2, 0) is 46.8 Å². The first-order valence-corrected chi connectivity index (χ1v) is 21.7. The Morgan fingerprint density at radius 3 is 2.16 bits per heavy atom. The van der Waals surface area contributed by atoms with E-state index in [2.05, 4.69) is 0 Å². The quantitative estimate of drug-likeness (QED) is 0.111. The maximum atomic E-state index is 14.8. The molecule has 2 aliphatic heterocycles. The highest BCUT2D eigenvalue weighted by Gasteiger charge is 2.57. The van der Waals surface area contributed by atoms with Gasteiger partial charge in [-0.1, -0.05) is 91.3 Å². The predicted octanol–water partition coefficient (Wildman–Crippen LogP) is 6.40. The van der Waals surface area contributed by atoms with Gasteiger partial charge in [0.2, 0.25) is 0 Å². The highest BCUT2D eigenvalue weighted by Crippen LogP contribution is 2.53. The van der Waals surface area contributed by atoms with E-state index in [0.29, 0.717) is 27.7 Å². The van der Waals surface area contributed by atoms with Crippen LogP contribution in [-0.4, -0.2) is 74.0 Å². The van der Waals surface area contributed by atoms with Gasteiger partial charge in [-0.3, -0.25) is 9.08 Å². The molecule has 12 nitrogen and oxygen atoms in total. The van der Waals surface area contributed by atoms with Crippen molar-refractivity contribution in [2.24, 2.45) is 11.8 Å². The van der Waals surface area contributed by atoms with Crippen LogP contribution in [0.2, 0.25) is 0 Å². The molecule has 2 bridgehead atoms. The Morgan fingerprint density at radius 1 is 0.857 bits per heavy atom. The lowest BCUT2D eigenvalue weighted by molar-refractivity contribution is -0.134. The summed E-state index contributed by atoms with van der Waals surface area (Å²) in [6.45, 7) is 2.63. The summed E-state index contributed by atoms with van der Waals surface area (Å²) in [5.41, 5.74) is 1.56. The fraction of sp³-hybridized carbons (Fsp3) is 0.333. The molecule has 7 rings (SSSR count). The maximum Gasteiger partial charge on any atom is 0.410 e. The highest BCUT2D eigenvalue weighted by atomic mass is 32.2. The second-order valence-corrected chi connectivity index (χ2v) is 18.0. The molecule has 3 heterocycles. The smallest absolute Gasteiger partial charge is 0.410 e. The Hall–Kier alpha value is -5.02. The Labute approximate surface area is 326 Å². The number of esters is 1. The molecular weight excluding hydrogens is 757 g/mol. The lowest BCUT2D eigenvalue weighted by Crippen LogP contribution is -2.63. The first kappa shape index (κ1) is 39.2. The van der Waals surface area contributed by atoms with E-state index >= 15 is 0 Å². The van der Waals surface area contributed by atoms with Crippen molar-refractivity contribution in [3.63, 3.8) is 0 Å². The van der Waals surface area contributed by atoms with E-state index in [9.17, 15) is 31.5 Å².